The maximum atomic E-state index is 4.10. The summed E-state index contributed by atoms with van der Waals surface area (Å²) >= 11 is 0. The van der Waals surface area contributed by atoms with E-state index in [1.54, 1.807) is 6.20 Å². The molecular weight excluding hydrogens is 218 g/mol. The van der Waals surface area contributed by atoms with E-state index in [9.17, 15) is 0 Å². The molecule has 0 saturated heterocycles. The zero-order chi connectivity index (χ0) is 12.2. The van der Waals surface area contributed by atoms with Crippen molar-refractivity contribution in [3.05, 3.63) is 78.1 Å². The monoisotopic (exact) mass is 231 g/mol. The van der Waals surface area contributed by atoms with Gasteiger partial charge in [-0.1, -0.05) is 54.6 Å². The lowest BCUT2D eigenvalue weighted by Crippen LogP contribution is -1.76. The predicted molar refractivity (Wildman–Crippen MR) is 77.1 cm³/mol. The van der Waals surface area contributed by atoms with Gasteiger partial charge in [-0.25, -0.2) is 0 Å². The molecule has 3 aromatic rings. The molecule has 0 N–H and O–H groups in total. The fraction of sp³-hybridized carbons (Fsp3) is 0. The normalized spacial score (nSPS) is 11.1. The van der Waals surface area contributed by atoms with Crippen molar-refractivity contribution in [3.8, 4) is 0 Å². The van der Waals surface area contributed by atoms with Gasteiger partial charge in [0.25, 0.3) is 0 Å². The fourth-order valence-corrected chi connectivity index (χ4v) is 1.98. The van der Waals surface area contributed by atoms with E-state index in [0.717, 1.165) is 5.56 Å². The standard InChI is InChI=1S/C17H13N/c1-2-6-17-12-14(9-10-16(17)5-1)7-8-15-4-3-11-18-13-15/h1-13H. The van der Waals surface area contributed by atoms with Crippen LogP contribution in [0.15, 0.2) is 67.0 Å². The Morgan fingerprint density at radius 3 is 2.39 bits per heavy atom. The molecule has 3 rings (SSSR count). The van der Waals surface area contributed by atoms with E-state index in [4.69, 9.17) is 0 Å². The molecule has 0 spiro atoms. The van der Waals surface area contributed by atoms with Crippen LogP contribution in [0.2, 0.25) is 0 Å². The maximum absolute atomic E-state index is 4.10. The van der Waals surface area contributed by atoms with E-state index in [1.807, 2.05) is 18.3 Å². The second-order valence-corrected chi connectivity index (χ2v) is 4.23. The van der Waals surface area contributed by atoms with Crippen molar-refractivity contribution in [2.45, 2.75) is 0 Å². The minimum atomic E-state index is 1.12. The van der Waals surface area contributed by atoms with Gasteiger partial charge in [0.2, 0.25) is 0 Å². The molecule has 0 amide bonds. The topological polar surface area (TPSA) is 12.9 Å². The number of pyridine rings is 1. The van der Waals surface area contributed by atoms with E-state index in [0.29, 0.717) is 0 Å². The summed E-state index contributed by atoms with van der Waals surface area (Å²) in [6.07, 6.45) is 7.84. The van der Waals surface area contributed by atoms with Crippen LogP contribution < -0.4 is 0 Å². The molecule has 18 heavy (non-hydrogen) atoms. The van der Waals surface area contributed by atoms with E-state index in [1.165, 1.54) is 16.3 Å². The van der Waals surface area contributed by atoms with Crippen LogP contribution in [-0.2, 0) is 0 Å². The first-order valence-electron chi connectivity index (χ1n) is 5.99. The SMILES string of the molecule is C(=Cc1ccc2ccccc2c1)c1cccnc1. The molecule has 0 fully saturated rings. The number of benzene rings is 2. The third-order valence-corrected chi connectivity index (χ3v) is 2.93. The Kier molecular flexibility index (Phi) is 2.89. The highest BCUT2D eigenvalue weighted by atomic mass is 14.6. The predicted octanol–water partition coefficient (Wildman–Crippen LogP) is 4.41. The number of rotatable bonds is 2. The van der Waals surface area contributed by atoms with Crippen molar-refractivity contribution in [2.24, 2.45) is 0 Å². The average Bonchev–Trinajstić information content (AvgIpc) is 2.46. The van der Waals surface area contributed by atoms with Crippen molar-refractivity contribution in [2.75, 3.05) is 0 Å². The molecule has 0 saturated carbocycles. The first-order chi connectivity index (χ1) is 8.92. The minimum Gasteiger partial charge on any atom is -0.264 e. The van der Waals surface area contributed by atoms with Crippen LogP contribution in [0.5, 0.6) is 0 Å². The Balaban J connectivity index is 1.93. The van der Waals surface area contributed by atoms with Crippen molar-refractivity contribution in [3.63, 3.8) is 0 Å². The van der Waals surface area contributed by atoms with Crippen LogP contribution in [0.3, 0.4) is 0 Å². The summed E-state index contributed by atoms with van der Waals surface area (Å²) in [5.74, 6) is 0. The van der Waals surface area contributed by atoms with Gasteiger partial charge in [-0.15, -0.1) is 0 Å². The van der Waals surface area contributed by atoms with Gasteiger partial charge in [0.15, 0.2) is 0 Å². The molecule has 0 atom stereocenters. The Bertz CT molecular complexity index is 684. The third kappa shape index (κ3) is 2.30. The first kappa shape index (κ1) is 10.7. The highest BCUT2D eigenvalue weighted by molar-refractivity contribution is 5.85. The minimum absolute atomic E-state index is 1.12. The molecule has 0 unspecified atom stereocenters. The fourth-order valence-electron chi connectivity index (χ4n) is 1.98. The van der Waals surface area contributed by atoms with Crippen molar-refractivity contribution < 1.29 is 0 Å². The van der Waals surface area contributed by atoms with E-state index >= 15 is 0 Å². The molecule has 86 valence electrons. The molecule has 0 aliphatic carbocycles. The molecule has 0 aliphatic heterocycles. The second kappa shape index (κ2) is 4.84. The van der Waals surface area contributed by atoms with Crippen LogP contribution in [0, 0.1) is 0 Å². The summed E-state index contributed by atoms with van der Waals surface area (Å²) in [7, 11) is 0. The van der Waals surface area contributed by atoms with Crippen molar-refractivity contribution in [1.82, 2.24) is 4.98 Å². The van der Waals surface area contributed by atoms with Gasteiger partial charge >= 0.3 is 0 Å². The van der Waals surface area contributed by atoms with Crippen molar-refractivity contribution in [1.29, 1.82) is 0 Å². The van der Waals surface area contributed by atoms with Gasteiger partial charge in [-0.2, -0.15) is 0 Å². The quantitative estimate of drug-likeness (QED) is 0.636. The number of aromatic nitrogens is 1. The van der Waals surface area contributed by atoms with Crippen LogP contribution in [-0.4, -0.2) is 4.98 Å². The van der Waals surface area contributed by atoms with Crippen molar-refractivity contribution >= 4 is 22.9 Å². The summed E-state index contributed by atoms with van der Waals surface area (Å²) < 4.78 is 0. The highest BCUT2D eigenvalue weighted by Gasteiger charge is 1.93. The average molecular weight is 231 g/mol. The third-order valence-electron chi connectivity index (χ3n) is 2.93. The summed E-state index contributed by atoms with van der Waals surface area (Å²) in [6, 6.07) is 18.9. The Morgan fingerprint density at radius 2 is 1.56 bits per heavy atom. The van der Waals surface area contributed by atoms with Crippen LogP contribution in [0.4, 0.5) is 0 Å². The van der Waals surface area contributed by atoms with Gasteiger partial charge in [0, 0.05) is 12.4 Å². The second-order valence-electron chi connectivity index (χ2n) is 4.23. The largest absolute Gasteiger partial charge is 0.264 e. The number of hydrogen-bond donors (Lipinski definition) is 0. The number of fused-ring (bicyclic) bond motifs is 1. The van der Waals surface area contributed by atoms with Gasteiger partial charge < -0.3 is 0 Å². The Morgan fingerprint density at radius 1 is 0.722 bits per heavy atom. The van der Waals surface area contributed by atoms with Gasteiger partial charge in [0.1, 0.15) is 0 Å². The molecule has 2 aromatic carbocycles. The molecular formula is C17H13N. The molecule has 1 aromatic heterocycles. The molecule has 0 aliphatic rings. The molecule has 1 heterocycles. The zero-order valence-electron chi connectivity index (χ0n) is 9.95. The molecule has 1 heteroatoms. The lowest BCUT2D eigenvalue weighted by Gasteiger charge is -1.99. The van der Waals surface area contributed by atoms with Gasteiger partial charge in [-0.05, 0) is 34.0 Å². The molecule has 0 bridgehead atoms. The van der Waals surface area contributed by atoms with Crippen LogP contribution in [0.1, 0.15) is 11.1 Å². The summed E-state index contributed by atoms with van der Waals surface area (Å²) in [5, 5.41) is 2.54. The summed E-state index contributed by atoms with van der Waals surface area (Å²) in [4.78, 5) is 4.10. The Labute approximate surface area is 106 Å². The smallest absolute Gasteiger partial charge is 0.0340 e. The molecule has 0 radical (unpaired) electrons. The lowest BCUT2D eigenvalue weighted by atomic mass is 10.1. The van der Waals surface area contributed by atoms with E-state index < -0.39 is 0 Å². The molecule has 1 nitrogen and oxygen atoms in total. The zero-order valence-corrected chi connectivity index (χ0v) is 9.95. The summed E-state index contributed by atoms with van der Waals surface area (Å²) in [6.45, 7) is 0. The number of nitrogens with zero attached hydrogens (tertiary/aromatic N) is 1. The Hall–Kier alpha value is -2.41. The van der Waals surface area contributed by atoms with Gasteiger partial charge in [0.05, 0.1) is 0 Å². The van der Waals surface area contributed by atoms with E-state index in [2.05, 4.69) is 59.6 Å². The summed E-state index contributed by atoms with van der Waals surface area (Å²) in [5.41, 5.74) is 2.32. The number of hydrogen-bond acceptors (Lipinski definition) is 1. The highest BCUT2D eigenvalue weighted by Crippen LogP contribution is 2.17. The lowest BCUT2D eigenvalue weighted by molar-refractivity contribution is 1.32. The van der Waals surface area contributed by atoms with E-state index in [-0.39, 0.29) is 0 Å². The first-order valence-corrected chi connectivity index (χ1v) is 5.99. The maximum Gasteiger partial charge on any atom is 0.0340 e. The van der Waals surface area contributed by atoms with Crippen LogP contribution >= 0.6 is 0 Å². The van der Waals surface area contributed by atoms with Crippen LogP contribution in [0.25, 0.3) is 22.9 Å². The van der Waals surface area contributed by atoms with Gasteiger partial charge in [-0.3, -0.25) is 4.98 Å².